The average Bonchev–Trinajstić information content (AvgIpc) is 3.43. The summed E-state index contributed by atoms with van der Waals surface area (Å²) in [6.45, 7) is 7.64. The van der Waals surface area contributed by atoms with Crippen molar-refractivity contribution in [3.05, 3.63) is 130 Å². The second-order valence-electron chi connectivity index (χ2n) is 10.9. The number of aryl methyl sites for hydroxylation is 4. The Kier molecular flexibility index (Phi) is 4.90. The van der Waals surface area contributed by atoms with Gasteiger partial charge < -0.3 is 0 Å². The summed E-state index contributed by atoms with van der Waals surface area (Å²) in [5.41, 5.74) is 11.5. The zero-order valence-corrected chi connectivity index (χ0v) is 23.3. The van der Waals surface area contributed by atoms with Crippen molar-refractivity contribution in [2.75, 3.05) is 0 Å². The fourth-order valence-electron chi connectivity index (χ4n) is 6.92. The molecule has 0 N–H and O–H groups in total. The Morgan fingerprint density at radius 3 is 1.17 bits per heavy atom. The van der Waals surface area contributed by atoms with E-state index in [-0.39, 0.29) is 0 Å². The van der Waals surface area contributed by atoms with Crippen LogP contribution in [0.25, 0.3) is 45.0 Å². The number of rotatable bonds is 2. The van der Waals surface area contributed by atoms with Crippen LogP contribution in [-0.4, -0.2) is 29.9 Å². The second kappa shape index (κ2) is 8.45. The third kappa shape index (κ3) is 3.31. The molecule has 41 heavy (non-hydrogen) atoms. The maximum absolute atomic E-state index is 4.68. The van der Waals surface area contributed by atoms with Crippen LogP contribution >= 0.6 is 0 Å². The normalized spacial score (nSPS) is 13.6. The van der Waals surface area contributed by atoms with Crippen LogP contribution in [0, 0.1) is 27.7 Å². The quantitative estimate of drug-likeness (QED) is 0.240. The van der Waals surface area contributed by atoms with E-state index in [4.69, 9.17) is 0 Å². The molecule has 0 amide bonds. The van der Waals surface area contributed by atoms with Crippen molar-refractivity contribution in [3.8, 4) is 45.0 Å². The topological polar surface area (TPSA) is 77.3 Å². The molecule has 2 heterocycles. The number of fused-ring (bicyclic) bond motifs is 10. The van der Waals surface area contributed by atoms with Gasteiger partial charge in [0.05, 0.1) is 5.41 Å². The van der Waals surface area contributed by atoms with E-state index in [9.17, 15) is 0 Å². The fraction of sp³-hybridized carbons (Fsp3) is 0.143. The highest BCUT2D eigenvalue weighted by Gasteiger charge is 2.51. The second-order valence-corrected chi connectivity index (χ2v) is 10.9. The number of nitrogens with zero attached hydrogens (tertiary/aromatic N) is 6. The summed E-state index contributed by atoms with van der Waals surface area (Å²) in [6.07, 6.45) is 0. The van der Waals surface area contributed by atoms with Crippen molar-refractivity contribution in [1.29, 1.82) is 0 Å². The minimum atomic E-state index is -0.426. The van der Waals surface area contributed by atoms with Crippen molar-refractivity contribution in [1.82, 2.24) is 29.9 Å². The first-order valence-electron chi connectivity index (χ1n) is 13.8. The molecule has 0 aliphatic heterocycles. The van der Waals surface area contributed by atoms with Crippen molar-refractivity contribution in [3.63, 3.8) is 0 Å². The summed E-state index contributed by atoms with van der Waals surface area (Å²) in [6, 6.07) is 31.0. The molecule has 2 aliphatic rings. The van der Waals surface area contributed by atoms with Gasteiger partial charge in [-0.15, -0.1) is 0 Å². The predicted molar refractivity (Wildman–Crippen MR) is 159 cm³/mol. The lowest BCUT2D eigenvalue weighted by Gasteiger charge is -2.30. The van der Waals surface area contributed by atoms with Gasteiger partial charge in [-0.05, 0) is 84.3 Å². The van der Waals surface area contributed by atoms with Crippen molar-refractivity contribution in [2.24, 2.45) is 0 Å². The van der Waals surface area contributed by atoms with E-state index in [1.165, 1.54) is 44.5 Å². The Morgan fingerprint density at radius 1 is 0.390 bits per heavy atom. The molecule has 0 atom stereocenters. The SMILES string of the molecule is Cc1nc(C)nc(-c2ccc3c(c2)-c2cc(-c4nc(C)nc(C)n4)ccc2C32c3ccccc3-c3ccccc32)n1. The van der Waals surface area contributed by atoms with Crippen molar-refractivity contribution < 1.29 is 0 Å². The highest BCUT2D eigenvalue weighted by molar-refractivity contribution is 5.96. The zero-order valence-electron chi connectivity index (χ0n) is 23.3. The Labute approximate surface area is 238 Å². The van der Waals surface area contributed by atoms with Gasteiger partial charge >= 0.3 is 0 Å². The highest BCUT2D eigenvalue weighted by atomic mass is 15.0. The van der Waals surface area contributed by atoms with Crippen molar-refractivity contribution >= 4 is 0 Å². The van der Waals surface area contributed by atoms with E-state index in [1.54, 1.807) is 0 Å². The molecular weight excluding hydrogens is 504 g/mol. The fourth-order valence-corrected chi connectivity index (χ4v) is 6.92. The van der Waals surface area contributed by atoms with E-state index in [2.05, 4.69) is 115 Å². The van der Waals surface area contributed by atoms with E-state index < -0.39 is 5.41 Å². The summed E-state index contributed by atoms with van der Waals surface area (Å²) in [7, 11) is 0. The Bertz CT molecular complexity index is 1870. The van der Waals surface area contributed by atoms with Crippen LogP contribution in [-0.2, 0) is 5.41 Å². The molecule has 2 aliphatic carbocycles. The van der Waals surface area contributed by atoms with Gasteiger partial charge in [0, 0.05) is 11.1 Å². The van der Waals surface area contributed by atoms with Gasteiger partial charge in [-0.2, -0.15) is 0 Å². The van der Waals surface area contributed by atoms with Gasteiger partial charge in [-0.1, -0.05) is 72.8 Å². The Balaban J connectivity index is 1.46. The number of hydrogen-bond donors (Lipinski definition) is 0. The van der Waals surface area contributed by atoms with Gasteiger partial charge in [0.2, 0.25) is 0 Å². The summed E-state index contributed by atoms with van der Waals surface area (Å²) < 4.78 is 0. The maximum Gasteiger partial charge on any atom is 0.163 e. The standard InChI is InChI=1S/C35H26N6/c1-19-36-20(2)39-33(38-19)23-13-15-31-27(17-23)28-18-24(34-40-21(3)37-22(4)41-34)14-16-32(28)35(31)29-11-7-5-9-25(29)26-10-6-8-12-30(26)35/h5-18H,1-4H3. The maximum atomic E-state index is 4.68. The van der Waals surface area contributed by atoms with Gasteiger partial charge in [0.1, 0.15) is 23.3 Å². The lowest BCUT2D eigenvalue weighted by Crippen LogP contribution is -2.25. The van der Waals surface area contributed by atoms with Crippen molar-refractivity contribution in [2.45, 2.75) is 33.1 Å². The highest BCUT2D eigenvalue weighted by Crippen LogP contribution is 2.63. The Morgan fingerprint density at radius 2 is 0.756 bits per heavy atom. The number of aromatic nitrogens is 6. The molecule has 2 aromatic heterocycles. The van der Waals surface area contributed by atoms with Crippen LogP contribution in [0.4, 0.5) is 0 Å². The molecule has 8 rings (SSSR count). The molecule has 196 valence electrons. The van der Waals surface area contributed by atoms with Crippen LogP contribution in [0.3, 0.4) is 0 Å². The minimum absolute atomic E-state index is 0.426. The molecule has 6 heteroatoms. The van der Waals surface area contributed by atoms with Gasteiger partial charge in [0.15, 0.2) is 11.6 Å². The van der Waals surface area contributed by atoms with E-state index in [0.29, 0.717) is 34.9 Å². The summed E-state index contributed by atoms with van der Waals surface area (Å²) in [4.78, 5) is 27.5. The summed E-state index contributed by atoms with van der Waals surface area (Å²) >= 11 is 0. The van der Waals surface area contributed by atoms with Gasteiger partial charge in [0.25, 0.3) is 0 Å². The Hall–Kier alpha value is -5.10. The van der Waals surface area contributed by atoms with Crippen LogP contribution < -0.4 is 0 Å². The molecule has 0 bridgehead atoms. The smallest absolute Gasteiger partial charge is 0.163 e. The molecule has 0 fully saturated rings. The minimum Gasteiger partial charge on any atom is -0.219 e. The van der Waals surface area contributed by atoms with Crippen LogP contribution in [0.5, 0.6) is 0 Å². The number of benzene rings is 4. The van der Waals surface area contributed by atoms with Gasteiger partial charge in [-0.3, -0.25) is 0 Å². The first-order chi connectivity index (χ1) is 19.9. The molecule has 4 aromatic carbocycles. The van der Waals surface area contributed by atoms with Gasteiger partial charge in [-0.25, -0.2) is 29.9 Å². The lowest BCUT2D eigenvalue weighted by molar-refractivity contribution is 0.793. The number of hydrogen-bond acceptors (Lipinski definition) is 6. The third-order valence-corrected chi connectivity index (χ3v) is 8.32. The van der Waals surface area contributed by atoms with Crippen LogP contribution in [0.2, 0.25) is 0 Å². The lowest BCUT2D eigenvalue weighted by atomic mass is 9.70. The first-order valence-corrected chi connectivity index (χ1v) is 13.8. The predicted octanol–water partition coefficient (Wildman–Crippen LogP) is 6.97. The van der Waals surface area contributed by atoms with E-state index in [1.807, 2.05) is 27.7 Å². The van der Waals surface area contributed by atoms with E-state index >= 15 is 0 Å². The zero-order chi connectivity index (χ0) is 27.9. The molecule has 0 radical (unpaired) electrons. The van der Waals surface area contributed by atoms with Crippen LogP contribution in [0.15, 0.2) is 84.9 Å². The summed E-state index contributed by atoms with van der Waals surface area (Å²) in [5, 5.41) is 0. The summed E-state index contributed by atoms with van der Waals surface area (Å²) in [5.74, 6) is 4.23. The van der Waals surface area contributed by atoms with Crippen LogP contribution in [0.1, 0.15) is 45.6 Å². The molecular formula is C35H26N6. The van der Waals surface area contributed by atoms with E-state index in [0.717, 1.165) is 11.1 Å². The average molecular weight is 531 g/mol. The molecule has 0 unspecified atom stereocenters. The largest absolute Gasteiger partial charge is 0.219 e. The monoisotopic (exact) mass is 530 g/mol. The first kappa shape index (κ1) is 23.8. The molecule has 0 saturated heterocycles. The molecule has 6 nitrogen and oxygen atoms in total. The molecule has 6 aromatic rings. The molecule has 0 saturated carbocycles. The molecule has 1 spiro atoms. The third-order valence-electron chi connectivity index (χ3n) is 8.32.